The molecule has 4 rings (SSSR count). The third-order valence-corrected chi connectivity index (χ3v) is 4.79. The quantitative estimate of drug-likeness (QED) is 0.730. The van der Waals surface area contributed by atoms with E-state index in [1.807, 2.05) is 5.38 Å². The number of fused-ring (bicyclic) bond motifs is 2. The fourth-order valence-electron chi connectivity index (χ4n) is 3.01. The van der Waals surface area contributed by atoms with E-state index < -0.39 is 0 Å². The number of anilines is 1. The Bertz CT molecular complexity index is 867. The number of aromatic nitrogens is 2. The van der Waals surface area contributed by atoms with Gasteiger partial charge in [0.2, 0.25) is 0 Å². The molecule has 0 saturated carbocycles. The van der Waals surface area contributed by atoms with Gasteiger partial charge in [0.15, 0.2) is 4.96 Å². The van der Waals surface area contributed by atoms with Gasteiger partial charge in [-0.25, -0.2) is 4.98 Å². The van der Waals surface area contributed by atoms with E-state index in [9.17, 15) is 4.79 Å². The Labute approximate surface area is 126 Å². The molecule has 0 saturated heterocycles. The minimum atomic E-state index is -0.00335. The average Bonchev–Trinajstić information content (AvgIpc) is 3.05. The molecule has 0 fully saturated rings. The van der Waals surface area contributed by atoms with Crippen molar-refractivity contribution in [3.63, 3.8) is 0 Å². The van der Waals surface area contributed by atoms with Crippen LogP contribution in [0.3, 0.4) is 0 Å². The lowest BCUT2D eigenvalue weighted by Gasteiger charge is -2.24. The molecule has 106 valence electrons. The highest BCUT2D eigenvalue weighted by Gasteiger charge is 2.25. The molecule has 0 N–H and O–H groups in total. The lowest BCUT2D eigenvalue weighted by molar-refractivity contribution is 0.664. The van der Waals surface area contributed by atoms with E-state index in [0.717, 1.165) is 17.1 Å². The van der Waals surface area contributed by atoms with Gasteiger partial charge < -0.3 is 4.90 Å². The summed E-state index contributed by atoms with van der Waals surface area (Å²) in [6.45, 7) is 2.90. The van der Waals surface area contributed by atoms with Crippen molar-refractivity contribution in [2.75, 3.05) is 4.90 Å². The molecule has 0 radical (unpaired) electrons. The monoisotopic (exact) mass is 297 g/mol. The van der Waals surface area contributed by atoms with Crippen LogP contribution in [-0.4, -0.2) is 15.4 Å². The number of nitrogens with zero attached hydrogens (tertiary/aromatic N) is 3. The largest absolute Gasteiger partial charge is 0.362 e. The highest BCUT2D eigenvalue weighted by atomic mass is 32.1. The molecule has 1 aromatic carbocycles. The number of hydrogen-bond acceptors (Lipinski definition) is 4. The van der Waals surface area contributed by atoms with Crippen LogP contribution in [-0.2, 0) is 13.0 Å². The van der Waals surface area contributed by atoms with Gasteiger partial charge >= 0.3 is 0 Å². The van der Waals surface area contributed by atoms with Gasteiger partial charge in [0.25, 0.3) is 5.56 Å². The zero-order valence-corrected chi connectivity index (χ0v) is 12.5. The molecule has 4 nitrogen and oxygen atoms in total. The first-order valence-electron chi connectivity index (χ1n) is 7.03. The summed E-state index contributed by atoms with van der Waals surface area (Å²) in [6.07, 6.45) is 2.82. The van der Waals surface area contributed by atoms with Crippen LogP contribution in [0.1, 0.15) is 18.2 Å². The standard InChI is InChI=1S/C16H15N3OS/c1-11-8-12-4-2-3-5-14(12)19(11)10-13-9-15(20)18-6-7-21-16(18)17-13/h2-7,9,11H,8,10H2,1H3. The Kier molecular flexibility index (Phi) is 2.82. The van der Waals surface area contributed by atoms with E-state index in [1.54, 1.807) is 16.7 Å². The number of thiazole rings is 1. The van der Waals surface area contributed by atoms with E-state index in [2.05, 4.69) is 41.1 Å². The molecular formula is C16H15N3OS. The maximum absolute atomic E-state index is 12.1. The Balaban J connectivity index is 1.73. The van der Waals surface area contributed by atoms with Crippen molar-refractivity contribution >= 4 is 22.0 Å². The maximum atomic E-state index is 12.1. The van der Waals surface area contributed by atoms with Crippen LogP contribution in [0.2, 0.25) is 0 Å². The van der Waals surface area contributed by atoms with Crippen LogP contribution >= 0.6 is 11.3 Å². The van der Waals surface area contributed by atoms with Gasteiger partial charge in [0.05, 0.1) is 12.2 Å². The van der Waals surface area contributed by atoms with Crippen molar-refractivity contribution in [1.82, 2.24) is 9.38 Å². The van der Waals surface area contributed by atoms with Crippen molar-refractivity contribution in [2.45, 2.75) is 25.9 Å². The molecule has 3 heterocycles. The lowest BCUT2D eigenvalue weighted by Crippen LogP contribution is -2.29. The second-order valence-corrected chi connectivity index (χ2v) is 6.32. The van der Waals surface area contributed by atoms with Crippen molar-refractivity contribution in [3.8, 4) is 0 Å². The van der Waals surface area contributed by atoms with Crippen LogP contribution in [0.15, 0.2) is 46.7 Å². The number of para-hydroxylation sites is 1. The van der Waals surface area contributed by atoms with E-state index >= 15 is 0 Å². The second kappa shape index (κ2) is 4.70. The van der Waals surface area contributed by atoms with Crippen molar-refractivity contribution in [1.29, 1.82) is 0 Å². The molecule has 3 aromatic rings. The highest BCUT2D eigenvalue weighted by Crippen LogP contribution is 2.32. The molecule has 1 unspecified atom stereocenters. The summed E-state index contributed by atoms with van der Waals surface area (Å²) in [4.78, 5) is 19.8. The molecular weight excluding hydrogens is 282 g/mol. The lowest BCUT2D eigenvalue weighted by atomic mass is 10.1. The number of benzene rings is 1. The minimum Gasteiger partial charge on any atom is -0.362 e. The average molecular weight is 297 g/mol. The summed E-state index contributed by atoms with van der Waals surface area (Å²) in [5, 5.41) is 1.89. The Morgan fingerprint density at radius 3 is 3.14 bits per heavy atom. The van der Waals surface area contributed by atoms with Gasteiger partial charge in [-0.2, -0.15) is 0 Å². The van der Waals surface area contributed by atoms with Crippen molar-refractivity contribution < 1.29 is 0 Å². The minimum absolute atomic E-state index is 0.00335. The van der Waals surface area contributed by atoms with Crippen molar-refractivity contribution in [3.05, 3.63) is 63.5 Å². The van der Waals surface area contributed by atoms with Crippen LogP contribution in [0.5, 0.6) is 0 Å². The highest BCUT2D eigenvalue weighted by molar-refractivity contribution is 7.15. The van der Waals surface area contributed by atoms with Gasteiger partial charge in [0.1, 0.15) is 0 Å². The molecule has 0 aliphatic carbocycles. The third kappa shape index (κ3) is 2.05. The predicted molar refractivity (Wildman–Crippen MR) is 85.1 cm³/mol. The summed E-state index contributed by atoms with van der Waals surface area (Å²) in [7, 11) is 0. The van der Waals surface area contributed by atoms with Crippen LogP contribution in [0.4, 0.5) is 5.69 Å². The van der Waals surface area contributed by atoms with Crippen LogP contribution in [0, 0.1) is 0 Å². The van der Waals surface area contributed by atoms with E-state index in [-0.39, 0.29) is 5.56 Å². The number of hydrogen-bond donors (Lipinski definition) is 0. The van der Waals surface area contributed by atoms with Crippen LogP contribution in [0.25, 0.3) is 4.96 Å². The van der Waals surface area contributed by atoms with Gasteiger partial charge in [0, 0.05) is 29.4 Å². The smallest absolute Gasteiger partial charge is 0.258 e. The van der Waals surface area contributed by atoms with Crippen molar-refractivity contribution in [2.24, 2.45) is 0 Å². The molecule has 21 heavy (non-hydrogen) atoms. The topological polar surface area (TPSA) is 37.6 Å². The summed E-state index contributed by atoms with van der Waals surface area (Å²) in [5.74, 6) is 0. The molecule has 2 aromatic heterocycles. The molecule has 1 aliphatic heterocycles. The fourth-order valence-corrected chi connectivity index (χ4v) is 3.75. The molecule has 0 spiro atoms. The third-order valence-electron chi connectivity index (χ3n) is 4.04. The number of rotatable bonds is 2. The zero-order valence-electron chi connectivity index (χ0n) is 11.7. The maximum Gasteiger partial charge on any atom is 0.258 e. The van der Waals surface area contributed by atoms with E-state index in [4.69, 9.17) is 0 Å². The van der Waals surface area contributed by atoms with Gasteiger partial charge in [-0.1, -0.05) is 18.2 Å². The molecule has 1 atom stereocenters. The van der Waals surface area contributed by atoms with E-state index in [1.165, 1.54) is 22.6 Å². The second-order valence-electron chi connectivity index (χ2n) is 5.45. The first kappa shape index (κ1) is 12.6. The molecule has 0 bridgehead atoms. The normalized spacial score (nSPS) is 17.4. The van der Waals surface area contributed by atoms with E-state index in [0.29, 0.717) is 12.6 Å². The molecule has 5 heteroatoms. The Morgan fingerprint density at radius 1 is 1.38 bits per heavy atom. The fraction of sp³-hybridized carbons (Fsp3) is 0.250. The SMILES string of the molecule is CC1Cc2ccccc2N1Cc1cc(=O)n2ccsc2n1. The summed E-state index contributed by atoms with van der Waals surface area (Å²) in [5.41, 5.74) is 3.47. The predicted octanol–water partition coefficient (Wildman–Crippen LogP) is 2.71. The summed E-state index contributed by atoms with van der Waals surface area (Å²) >= 11 is 1.49. The zero-order chi connectivity index (χ0) is 14.4. The Hall–Kier alpha value is -2.14. The first-order chi connectivity index (χ1) is 10.2. The van der Waals surface area contributed by atoms with Crippen LogP contribution < -0.4 is 10.5 Å². The summed E-state index contributed by atoms with van der Waals surface area (Å²) < 4.78 is 1.59. The Morgan fingerprint density at radius 2 is 2.24 bits per heavy atom. The van der Waals surface area contributed by atoms with Gasteiger partial charge in [-0.15, -0.1) is 11.3 Å². The molecule has 1 aliphatic rings. The first-order valence-corrected chi connectivity index (χ1v) is 7.91. The van der Waals surface area contributed by atoms with Gasteiger partial charge in [-0.05, 0) is 25.0 Å². The molecule has 0 amide bonds. The van der Waals surface area contributed by atoms with Gasteiger partial charge in [-0.3, -0.25) is 9.20 Å². The summed E-state index contributed by atoms with van der Waals surface area (Å²) in [6, 6.07) is 10.6.